The number of fused-ring (bicyclic) bond motifs is 1. The van der Waals surface area contributed by atoms with Crippen molar-refractivity contribution in [3.05, 3.63) is 83.4 Å². The smallest absolute Gasteiger partial charge is 0.255 e. The maximum Gasteiger partial charge on any atom is 0.255 e. The molecular weight excluding hydrogens is 426 g/mol. The van der Waals surface area contributed by atoms with Gasteiger partial charge in [-0.2, -0.15) is 0 Å². The summed E-state index contributed by atoms with van der Waals surface area (Å²) in [5.74, 6) is 0.0705. The molecule has 4 aromatic rings. The molecule has 4 rings (SSSR count). The summed E-state index contributed by atoms with van der Waals surface area (Å²) in [4.78, 5) is 29.3. The lowest BCUT2D eigenvalue weighted by Crippen LogP contribution is -2.15. The first-order valence-electron chi connectivity index (χ1n) is 9.75. The van der Waals surface area contributed by atoms with Crippen LogP contribution in [0.1, 0.15) is 21.5 Å². The van der Waals surface area contributed by atoms with Crippen molar-refractivity contribution in [3.8, 4) is 0 Å². The Hall–Kier alpha value is -3.16. The number of nitrogens with zero attached hydrogens (tertiary/aromatic N) is 1. The highest BCUT2D eigenvalue weighted by atomic mass is 32.2. The van der Waals surface area contributed by atoms with Gasteiger partial charge < -0.3 is 10.6 Å². The van der Waals surface area contributed by atoms with Gasteiger partial charge in [0.05, 0.1) is 16.0 Å². The molecule has 31 heavy (non-hydrogen) atoms. The van der Waals surface area contributed by atoms with Crippen molar-refractivity contribution in [1.29, 1.82) is 0 Å². The fraction of sp³-hybridized carbons (Fsp3) is 0.125. The van der Waals surface area contributed by atoms with E-state index >= 15 is 0 Å². The molecule has 0 spiro atoms. The van der Waals surface area contributed by atoms with Gasteiger partial charge in [0.2, 0.25) is 5.91 Å². The van der Waals surface area contributed by atoms with E-state index in [9.17, 15) is 9.59 Å². The van der Waals surface area contributed by atoms with Gasteiger partial charge in [-0.3, -0.25) is 9.59 Å². The van der Waals surface area contributed by atoms with E-state index in [0.717, 1.165) is 31.4 Å². The Morgan fingerprint density at radius 2 is 1.77 bits per heavy atom. The van der Waals surface area contributed by atoms with Gasteiger partial charge in [-0.25, -0.2) is 4.98 Å². The Labute approximate surface area is 188 Å². The largest absolute Gasteiger partial charge is 0.325 e. The lowest BCUT2D eigenvalue weighted by Gasteiger charge is -2.09. The Balaban J connectivity index is 1.39. The summed E-state index contributed by atoms with van der Waals surface area (Å²) in [6.45, 7) is 4.02. The minimum Gasteiger partial charge on any atom is -0.325 e. The summed E-state index contributed by atoms with van der Waals surface area (Å²) in [5.41, 5.74) is 5.23. The van der Waals surface area contributed by atoms with Crippen LogP contribution in [-0.2, 0) is 4.79 Å². The zero-order valence-electron chi connectivity index (χ0n) is 17.1. The molecule has 2 amide bonds. The van der Waals surface area contributed by atoms with E-state index in [4.69, 9.17) is 0 Å². The fourth-order valence-corrected chi connectivity index (χ4v) is 4.94. The normalized spacial score (nSPS) is 10.8. The van der Waals surface area contributed by atoms with Gasteiger partial charge in [0.15, 0.2) is 4.34 Å². The second-order valence-corrected chi connectivity index (χ2v) is 9.32. The summed E-state index contributed by atoms with van der Waals surface area (Å²) < 4.78 is 1.78. The van der Waals surface area contributed by atoms with Crippen molar-refractivity contribution in [2.45, 2.75) is 18.2 Å². The van der Waals surface area contributed by atoms with Crippen LogP contribution >= 0.6 is 23.1 Å². The molecule has 0 aliphatic heterocycles. The lowest BCUT2D eigenvalue weighted by molar-refractivity contribution is -0.113. The Kier molecular flexibility index (Phi) is 6.34. The first-order chi connectivity index (χ1) is 15.0. The van der Waals surface area contributed by atoms with Crippen molar-refractivity contribution >= 4 is 56.5 Å². The minimum atomic E-state index is -0.151. The second kappa shape index (κ2) is 9.32. The first-order valence-corrected chi connectivity index (χ1v) is 11.6. The maximum atomic E-state index is 12.4. The third-order valence-electron chi connectivity index (χ3n) is 4.87. The number of carbonyl (C=O) groups is 2. The van der Waals surface area contributed by atoms with Gasteiger partial charge >= 0.3 is 0 Å². The molecular formula is C24H21N3O2S2. The fourth-order valence-electron chi connectivity index (χ4n) is 3.04. The molecule has 0 radical (unpaired) electrons. The molecule has 2 N–H and O–H groups in total. The summed E-state index contributed by atoms with van der Waals surface area (Å²) in [7, 11) is 0. The number of thiazole rings is 1. The maximum absolute atomic E-state index is 12.4. The first kappa shape index (κ1) is 21.1. The molecule has 0 atom stereocenters. The lowest BCUT2D eigenvalue weighted by atomic mass is 10.1. The van der Waals surface area contributed by atoms with E-state index in [0.29, 0.717) is 11.3 Å². The Bertz CT molecular complexity index is 1250. The van der Waals surface area contributed by atoms with E-state index in [1.807, 2.05) is 68.4 Å². The molecule has 0 saturated heterocycles. The van der Waals surface area contributed by atoms with Crippen molar-refractivity contribution in [3.63, 3.8) is 0 Å². The highest BCUT2D eigenvalue weighted by molar-refractivity contribution is 8.01. The van der Waals surface area contributed by atoms with Crippen LogP contribution in [0.2, 0.25) is 0 Å². The quantitative estimate of drug-likeness (QED) is 0.361. The molecule has 3 aromatic carbocycles. The van der Waals surface area contributed by atoms with Crippen molar-refractivity contribution in [1.82, 2.24) is 4.98 Å². The predicted molar refractivity (Wildman–Crippen MR) is 129 cm³/mol. The molecule has 0 bridgehead atoms. The Morgan fingerprint density at radius 3 is 2.58 bits per heavy atom. The number of anilines is 2. The molecule has 1 heterocycles. The summed E-state index contributed by atoms with van der Waals surface area (Å²) in [5, 5.41) is 5.89. The van der Waals surface area contributed by atoms with Crippen LogP contribution in [0.5, 0.6) is 0 Å². The zero-order valence-corrected chi connectivity index (χ0v) is 18.8. The van der Waals surface area contributed by atoms with Crippen molar-refractivity contribution < 1.29 is 9.59 Å². The number of hydrogen-bond donors (Lipinski definition) is 2. The summed E-state index contributed by atoms with van der Waals surface area (Å²) in [6, 6.07) is 20.6. The third-order valence-corrected chi connectivity index (χ3v) is 7.03. The van der Waals surface area contributed by atoms with Gasteiger partial charge in [0, 0.05) is 16.9 Å². The zero-order chi connectivity index (χ0) is 21.8. The van der Waals surface area contributed by atoms with E-state index in [2.05, 4.69) is 15.6 Å². The number of benzene rings is 3. The molecule has 1 aromatic heterocycles. The van der Waals surface area contributed by atoms with Crippen molar-refractivity contribution in [2.24, 2.45) is 0 Å². The monoisotopic (exact) mass is 447 g/mol. The molecule has 5 nitrogen and oxygen atoms in total. The average Bonchev–Trinajstić information content (AvgIpc) is 3.18. The van der Waals surface area contributed by atoms with Crippen LogP contribution in [0, 0.1) is 13.8 Å². The second-order valence-electron chi connectivity index (χ2n) is 7.07. The number of carbonyl (C=O) groups excluding carboxylic acids is 2. The average molecular weight is 448 g/mol. The topological polar surface area (TPSA) is 71.1 Å². The number of aryl methyl sites for hydroxylation is 1. The van der Waals surface area contributed by atoms with Crippen LogP contribution in [0.4, 0.5) is 11.4 Å². The molecule has 0 aliphatic carbocycles. The van der Waals surface area contributed by atoms with E-state index < -0.39 is 0 Å². The van der Waals surface area contributed by atoms with E-state index in [1.165, 1.54) is 23.1 Å². The highest BCUT2D eigenvalue weighted by Crippen LogP contribution is 2.31. The van der Waals surface area contributed by atoms with Gasteiger partial charge in [0.1, 0.15) is 0 Å². The van der Waals surface area contributed by atoms with Crippen LogP contribution in [-0.4, -0.2) is 22.6 Å². The molecule has 7 heteroatoms. The highest BCUT2D eigenvalue weighted by Gasteiger charge is 2.11. The standard InChI is InChI=1S/C24H21N3O2S2/c1-15-7-6-10-19(16(15)2)26-22(28)14-30-24-27-20-12-11-18(13-21(20)31-24)25-23(29)17-8-4-3-5-9-17/h3-13H,14H2,1-2H3,(H,25,29)(H,26,28). The van der Waals surface area contributed by atoms with Gasteiger partial charge in [-0.05, 0) is 61.4 Å². The molecule has 0 saturated carbocycles. The SMILES string of the molecule is Cc1cccc(NC(=O)CSc2nc3ccc(NC(=O)c4ccccc4)cc3s2)c1C. The van der Waals surface area contributed by atoms with Crippen LogP contribution in [0.25, 0.3) is 10.2 Å². The van der Waals surface area contributed by atoms with Gasteiger partial charge in [-0.1, -0.05) is 42.1 Å². The summed E-state index contributed by atoms with van der Waals surface area (Å²) in [6.07, 6.45) is 0. The predicted octanol–water partition coefficient (Wildman–Crippen LogP) is 5.90. The van der Waals surface area contributed by atoms with Crippen LogP contribution in [0.15, 0.2) is 71.1 Å². The number of nitrogens with one attached hydrogen (secondary N) is 2. The Morgan fingerprint density at radius 1 is 0.968 bits per heavy atom. The number of aromatic nitrogens is 1. The number of hydrogen-bond acceptors (Lipinski definition) is 5. The van der Waals surface area contributed by atoms with Gasteiger partial charge in [0.25, 0.3) is 5.91 Å². The minimum absolute atomic E-state index is 0.0613. The third kappa shape index (κ3) is 5.13. The number of thioether (sulfide) groups is 1. The molecule has 0 unspecified atom stereocenters. The number of rotatable bonds is 6. The molecule has 156 valence electrons. The van der Waals surface area contributed by atoms with E-state index in [1.54, 1.807) is 12.1 Å². The number of amides is 2. The van der Waals surface area contributed by atoms with E-state index in [-0.39, 0.29) is 17.6 Å². The molecule has 0 aliphatic rings. The van der Waals surface area contributed by atoms with Gasteiger partial charge in [-0.15, -0.1) is 11.3 Å². The summed E-state index contributed by atoms with van der Waals surface area (Å²) >= 11 is 2.92. The van der Waals surface area contributed by atoms with Crippen LogP contribution in [0.3, 0.4) is 0 Å². The van der Waals surface area contributed by atoms with Crippen LogP contribution < -0.4 is 10.6 Å². The van der Waals surface area contributed by atoms with Crippen molar-refractivity contribution in [2.75, 3.05) is 16.4 Å². The molecule has 0 fully saturated rings.